The van der Waals surface area contributed by atoms with Crippen molar-refractivity contribution in [1.29, 1.82) is 0 Å². The molecule has 104 valence electrons. The maximum Gasteiger partial charge on any atom is 0.0730 e. The Morgan fingerprint density at radius 1 is 1.26 bits per heavy atom. The van der Waals surface area contributed by atoms with Gasteiger partial charge in [0.1, 0.15) is 0 Å². The highest BCUT2D eigenvalue weighted by Gasteiger charge is 2.17. The Balaban J connectivity index is 2.58. The van der Waals surface area contributed by atoms with E-state index in [1.807, 2.05) is 18.4 Å². The first kappa shape index (κ1) is 14.5. The number of methoxy groups -OCH3 is 1. The van der Waals surface area contributed by atoms with Gasteiger partial charge in [-0.1, -0.05) is 26.8 Å². The molecule has 1 heterocycles. The average Bonchev–Trinajstić information content (AvgIpc) is 2.67. The molecular weight excluding hydrogens is 254 g/mol. The fourth-order valence-electron chi connectivity index (χ4n) is 2.27. The van der Waals surface area contributed by atoms with E-state index in [4.69, 9.17) is 4.74 Å². The standard InChI is InChI=1S/C16H23NOS/c1-16(2,3)11-6-7-14-12(8-11)13(10-18-5)15(19-14)9-17-4/h6-8,17H,9-10H2,1-5H3. The molecule has 1 N–H and O–H groups in total. The molecule has 0 fully saturated rings. The molecule has 0 unspecified atom stereocenters. The summed E-state index contributed by atoms with van der Waals surface area (Å²) in [5.74, 6) is 0. The summed E-state index contributed by atoms with van der Waals surface area (Å²) in [6.45, 7) is 8.36. The zero-order valence-corrected chi connectivity index (χ0v) is 13.3. The topological polar surface area (TPSA) is 21.3 Å². The summed E-state index contributed by atoms with van der Waals surface area (Å²) < 4.78 is 6.74. The Bertz CT molecular complexity index is 566. The van der Waals surface area contributed by atoms with Crippen LogP contribution in [0.4, 0.5) is 0 Å². The van der Waals surface area contributed by atoms with Crippen LogP contribution in [-0.2, 0) is 23.3 Å². The van der Waals surface area contributed by atoms with Gasteiger partial charge >= 0.3 is 0 Å². The van der Waals surface area contributed by atoms with Crippen molar-refractivity contribution in [2.45, 2.75) is 39.3 Å². The van der Waals surface area contributed by atoms with E-state index >= 15 is 0 Å². The molecule has 0 aliphatic heterocycles. The highest BCUT2D eigenvalue weighted by atomic mass is 32.1. The SMILES string of the molecule is CNCc1sc2ccc(C(C)(C)C)cc2c1COC. The second-order valence-corrected chi connectivity index (χ2v) is 7.06. The lowest BCUT2D eigenvalue weighted by atomic mass is 9.86. The Hall–Kier alpha value is -0.900. The van der Waals surface area contributed by atoms with Crippen LogP contribution in [0.2, 0.25) is 0 Å². The fourth-order valence-corrected chi connectivity index (χ4v) is 3.47. The third-order valence-corrected chi connectivity index (χ3v) is 4.58. The molecule has 0 bridgehead atoms. The number of hydrogen-bond donors (Lipinski definition) is 1. The maximum absolute atomic E-state index is 5.39. The van der Waals surface area contributed by atoms with Crippen LogP contribution in [0.1, 0.15) is 36.8 Å². The van der Waals surface area contributed by atoms with Crippen LogP contribution in [0.5, 0.6) is 0 Å². The Morgan fingerprint density at radius 2 is 2.00 bits per heavy atom. The largest absolute Gasteiger partial charge is 0.380 e. The summed E-state index contributed by atoms with van der Waals surface area (Å²) in [6, 6.07) is 6.83. The number of thiophene rings is 1. The zero-order valence-electron chi connectivity index (χ0n) is 12.5. The minimum Gasteiger partial charge on any atom is -0.380 e. The normalized spacial score (nSPS) is 12.3. The number of benzene rings is 1. The molecule has 2 aromatic rings. The molecule has 0 aliphatic carbocycles. The molecule has 0 aliphatic rings. The molecule has 1 aromatic heterocycles. The molecule has 0 radical (unpaired) electrons. The maximum atomic E-state index is 5.39. The summed E-state index contributed by atoms with van der Waals surface area (Å²) in [6.07, 6.45) is 0. The Labute approximate surface area is 119 Å². The van der Waals surface area contributed by atoms with E-state index < -0.39 is 0 Å². The van der Waals surface area contributed by atoms with Gasteiger partial charge in [0.15, 0.2) is 0 Å². The summed E-state index contributed by atoms with van der Waals surface area (Å²) in [7, 11) is 3.75. The first-order valence-corrected chi connectivity index (χ1v) is 7.47. The first-order valence-electron chi connectivity index (χ1n) is 6.65. The third-order valence-electron chi connectivity index (χ3n) is 3.37. The highest BCUT2D eigenvalue weighted by molar-refractivity contribution is 7.19. The van der Waals surface area contributed by atoms with Crippen molar-refractivity contribution >= 4 is 21.4 Å². The van der Waals surface area contributed by atoms with Gasteiger partial charge in [0.25, 0.3) is 0 Å². The predicted octanol–water partition coefficient (Wildman–Crippen LogP) is 4.06. The van der Waals surface area contributed by atoms with E-state index in [0.29, 0.717) is 6.61 Å². The van der Waals surface area contributed by atoms with Crippen LogP contribution < -0.4 is 5.32 Å². The van der Waals surface area contributed by atoms with Crippen molar-refractivity contribution in [2.75, 3.05) is 14.2 Å². The second kappa shape index (κ2) is 5.61. The number of hydrogen-bond acceptors (Lipinski definition) is 3. The quantitative estimate of drug-likeness (QED) is 0.910. The molecule has 19 heavy (non-hydrogen) atoms. The summed E-state index contributed by atoms with van der Waals surface area (Å²) in [4.78, 5) is 1.38. The van der Waals surface area contributed by atoms with Gasteiger partial charge in [-0.15, -0.1) is 11.3 Å². The number of fused-ring (bicyclic) bond motifs is 1. The molecule has 0 atom stereocenters. The van der Waals surface area contributed by atoms with Crippen molar-refractivity contribution in [3.63, 3.8) is 0 Å². The van der Waals surface area contributed by atoms with E-state index in [0.717, 1.165) is 6.54 Å². The van der Waals surface area contributed by atoms with Gasteiger partial charge in [0, 0.05) is 28.8 Å². The predicted molar refractivity (Wildman–Crippen MR) is 84.0 cm³/mol. The van der Waals surface area contributed by atoms with Crippen LogP contribution in [0.25, 0.3) is 10.1 Å². The second-order valence-electron chi connectivity index (χ2n) is 5.93. The van der Waals surface area contributed by atoms with E-state index in [-0.39, 0.29) is 5.41 Å². The monoisotopic (exact) mass is 277 g/mol. The third kappa shape index (κ3) is 2.99. The molecule has 1 aromatic carbocycles. The Kier molecular flexibility index (Phi) is 4.29. The number of ether oxygens (including phenoxy) is 1. The van der Waals surface area contributed by atoms with Gasteiger partial charge in [0.05, 0.1) is 6.61 Å². The lowest BCUT2D eigenvalue weighted by Gasteiger charge is -2.19. The molecule has 2 rings (SSSR count). The van der Waals surface area contributed by atoms with Crippen LogP contribution >= 0.6 is 11.3 Å². The minimum absolute atomic E-state index is 0.184. The summed E-state index contributed by atoms with van der Waals surface area (Å²) in [5, 5.41) is 4.59. The van der Waals surface area contributed by atoms with Gasteiger partial charge in [-0.05, 0) is 35.5 Å². The molecule has 3 heteroatoms. The van der Waals surface area contributed by atoms with Gasteiger partial charge < -0.3 is 10.1 Å². The van der Waals surface area contributed by atoms with E-state index in [9.17, 15) is 0 Å². The first-order chi connectivity index (χ1) is 8.97. The molecule has 0 saturated carbocycles. The minimum atomic E-state index is 0.184. The summed E-state index contributed by atoms with van der Waals surface area (Å²) in [5.41, 5.74) is 2.90. The van der Waals surface area contributed by atoms with Crippen molar-refractivity contribution in [3.8, 4) is 0 Å². The van der Waals surface area contributed by atoms with Crippen molar-refractivity contribution in [2.24, 2.45) is 0 Å². The van der Waals surface area contributed by atoms with Crippen LogP contribution in [0, 0.1) is 0 Å². The van der Waals surface area contributed by atoms with Gasteiger partial charge in [-0.2, -0.15) is 0 Å². The van der Waals surface area contributed by atoms with Crippen molar-refractivity contribution in [1.82, 2.24) is 5.32 Å². The van der Waals surface area contributed by atoms with Crippen LogP contribution in [-0.4, -0.2) is 14.2 Å². The number of rotatable bonds is 4. The smallest absolute Gasteiger partial charge is 0.0730 e. The lowest BCUT2D eigenvalue weighted by molar-refractivity contribution is 0.185. The fraction of sp³-hybridized carbons (Fsp3) is 0.500. The van der Waals surface area contributed by atoms with E-state index in [1.165, 1.54) is 26.1 Å². The van der Waals surface area contributed by atoms with Gasteiger partial charge in [-0.3, -0.25) is 0 Å². The number of nitrogens with one attached hydrogen (secondary N) is 1. The molecule has 0 amide bonds. The average molecular weight is 277 g/mol. The van der Waals surface area contributed by atoms with Crippen molar-refractivity contribution in [3.05, 3.63) is 34.2 Å². The molecule has 2 nitrogen and oxygen atoms in total. The van der Waals surface area contributed by atoms with Crippen molar-refractivity contribution < 1.29 is 4.74 Å². The van der Waals surface area contributed by atoms with E-state index in [1.54, 1.807) is 7.11 Å². The molecule has 0 saturated heterocycles. The highest BCUT2D eigenvalue weighted by Crippen LogP contribution is 2.35. The van der Waals surface area contributed by atoms with E-state index in [2.05, 4.69) is 44.3 Å². The summed E-state index contributed by atoms with van der Waals surface area (Å²) >= 11 is 1.87. The van der Waals surface area contributed by atoms with Gasteiger partial charge in [0.2, 0.25) is 0 Å². The van der Waals surface area contributed by atoms with Gasteiger partial charge in [-0.25, -0.2) is 0 Å². The zero-order chi connectivity index (χ0) is 14.0. The molecular formula is C16H23NOS. The molecule has 0 spiro atoms. The lowest BCUT2D eigenvalue weighted by Crippen LogP contribution is -2.10. The van der Waals surface area contributed by atoms with Crippen LogP contribution in [0.3, 0.4) is 0 Å². The Morgan fingerprint density at radius 3 is 2.58 bits per heavy atom. The van der Waals surface area contributed by atoms with Crippen LogP contribution in [0.15, 0.2) is 18.2 Å².